The van der Waals surface area contributed by atoms with Gasteiger partial charge >= 0.3 is 5.97 Å². The van der Waals surface area contributed by atoms with Crippen LogP contribution in [0.25, 0.3) is 28.0 Å². The van der Waals surface area contributed by atoms with Crippen molar-refractivity contribution in [1.29, 1.82) is 0 Å². The Kier molecular flexibility index (Phi) is 3.35. The van der Waals surface area contributed by atoms with E-state index in [4.69, 9.17) is 0 Å². The summed E-state index contributed by atoms with van der Waals surface area (Å²) in [5, 5.41) is 10.4. The maximum atomic E-state index is 11.3. The summed E-state index contributed by atoms with van der Waals surface area (Å²) in [7, 11) is 0. The van der Waals surface area contributed by atoms with Crippen LogP contribution in [0.5, 0.6) is 0 Å². The van der Waals surface area contributed by atoms with Crippen molar-refractivity contribution >= 4 is 16.9 Å². The number of aromatic nitrogens is 2. The van der Waals surface area contributed by atoms with Gasteiger partial charge in [-0.2, -0.15) is 0 Å². The third-order valence-corrected chi connectivity index (χ3v) is 3.99. The minimum absolute atomic E-state index is 0.261. The molecule has 0 spiro atoms. The van der Waals surface area contributed by atoms with E-state index in [0.717, 1.165) is 28.0 Å². The lowest BCUT2D eigenvalue weighted by atomic mass is 10.2. The van der Waals surface area contributed by atoms with E-state index in [2.05, 4.69) is 11.1 Å². The Bertz CT molecular complexity index is 1040. The Labute approximate surface area is 138 Å². The highest BCUT2D eigenvalue weighted by atomic mass is 16.4. The first kappa shape index (κ1) is 14.2. The van der Waals surface area contributed by atoms with Crippen molar-refractivity contribution in [2.24, 2.45) is 0 Å². The number of carboxylic acid groups (broad SMARTS) is 1. The van der Waals surface area contributed by atoms with Crippen molar-refractivity contribution in [2.45, 2.75) is 0 Å². The highest BCUT2D eigenvalue weighted by Crippen LogP contribution is 2.30. The molecule has 0 unspecified atom stereocenters. The first-order chi connectivity index (χ1) is 11.7. The second-order valence-electron chi connectivity index (χ2n) is 5.49. The summed E-state index contributed by atoms with van der Waals surface area (Å²) in [4.78, 5) is 15.8. The van der Waals surface area contributed by atoms with Crippen molar-refractivity contribution in [2.75, 3.05) is 0 Å². The summed E-state index contributed by atoms with van der Waals surface area (Å²) in [6, 6.07) is 22.8. The van der Waals surface area contributed by atoms with Crippen LogP contribution in [0.4, 0.5) is 0 Å². The lowest BCUT2D eigenvalue weighted by Crippen LogP contribution is -2.01. The number of fused-ring (bicyclic) bond motifs is 1. The van der Waals surface area contributed by atoms with E-state index in [1.807, 2.05) is 53.1 Å². The van der Waals surface area contributed by atoms with Gasteiger partial charge in [0, 0.05) is 17.3 Å². The molecule has 116 valence electrons. The molecule has 0 fully saturated rings. The van der Waals surface area contributed by atoms with E-state index in [1.165, 1.54) is 0 Å². The van der Waals surface area contributed by atoms with Crippen LogP contribution in [0.2, 0.25) is 0 Å². The van der Waals surface area contributed by atoms with Crippen LogP contribution in [0.1, 0.15) is 10.4 Å². The maximum absolute atomic E-state index is 11.3. The number of para-hydroxylation sites is 1. The fraction of sp³-hybridized carbons (Fsp3) is 0. The topological polar surface area (TPSA) is 55.1 Å². The minimum atomic E-state index is -0.937. The van der Waals surface area contributed by atoms with Crippen molar-refractivity contribution < 1.29 is 9.90 Å². The molecule has 4 nitrogen and oxygen atoms in total. The van der Waals surface area contributed by atoms with E-state index in [-0.39, 0.29) is 5.56 Å². The standard InChI is InChI=1S/C20H14N2O2/c23-20(24)15-7-5-8-16(12-15)22-18-10-2-1-6-14(18)13-19(22)17-9-3-4-11-21-17/h1-13H,(H,23,24). The number of hydrogen-bond acceptors (Lipinski definition) is 2. The van der Waals surface area contributed by atoms with Crippen LogP contribution in [-0.4, -0.2) is 20.6 Å². The summed E-state index contributed by atoms with van der Waals surface area (Å²) >= 11 is 0. The lowest BCUT2D eigenvalue weighted by molar-refractivity contribution is 0.0697. The molecular formula is C20H14N2O2. The molecule has 4 rings (SSSR count). The van der Waals surface area contributed by atoms with Gasteiger partial charge in [-0.25, -0.2) is 4.79 Å². The third-order valence-electron chi connectivity index (χ3n) is 3.99. The third kappa shape index (κ3) is 2.34. The zero-order valence-corrected chi connectivity index (χ0v) is 12.8. The van der Waals surface area contributed by atoms with Crippen LogP contribution in [0.3, 0.4) is 0 Å². The van der Waals surface area contributed by atoms with Crippen LogP contribution in [0.15, 0.2) is 79.0 Å². The molecule has 0 aliphatic heterocycles. The number of pyridine rings is 1. The van der Waals surface area contributed by atoms with Gasteiger partial charge in [-0.1, -0.05) is 30.3 Å². The molecule has 0 aliphatic carbocycles. The van der Waals surface area contributed by atoms with Gasteiger partial charge in [-0.15, -0.1) is 0 Å². The largest absolute Gasteiger partial charge is 0.478 e. The Balaban J connectivity index is 2.03. The second-order valence-corrected chi connectivity index (χ2v) is 5.49. The number of benzene rings is 2. The molecule has 4 heteroatoms. The molecule has 0 bridgehead atoms. The van der Waals surface area contributed by atoms with Crippen molar-refractivity contribution in [1.82, 2.24) is 9.55 Å². The molecule has 0 amide bonds. The fourth-order valence-electron chi connectivity index (χ4n) is 2.91. The molecule has 1 N–H and O–H groups in total. The highest BCUT2D eigenvalue weighted by Gasteiger charge is 2.14. The van der Waals surface area contributed by atoms with Crippen molar-refractivity contribution in [3.8, 4) is 17.1 Å². The van der Waals surface area contributed by atoms with Crippen LogP contribution < -0.4 is 0 Å². The average Bonchev–Trinajstić information content (AvgIpc) is 3.02. The molecule has 0 saturated heterocycles. The van der Waals surface area contributed by atoms with E-state index in [1.54, 1.807) is 24.4 Å². The predicted molar refractivity (Wildman–Crippen MR) is 93.5 cm³/mol. The number of rotatable bonds is 3. The zero-order chi connectivity index (χ0) is 16.5. The summed E-state index contributed by atoms with van der Waals surface area (Å²) in [6.45, 7) is 0. The number of carbonyl (C=O) groups is 1. The number of hydrogen-bond donors (Lipinski definition) is 1. The summed E-state index contributed by atoms with van der Waals surface area (Å²) < 4.78 is 2.05. The first-order valence-corrected chi connectivity index (χ1v) is 7.60. The van der Waals surface area contributed by atoms with Gasteiger partial charge in [-0.05, 0) is 42.5 Å². The molecule has 4 aromatic rings. The van der Waals surface area contributed by atoms with Gasteiger partial charge in [0.1, 0.15) is 0 Å². The van der Waals surface area contributed by atoms with Gasteiger partial charge < -0.3 is 9.67 Å². The molecular weight excluding hydrogens is 300 g/mol. The molecule has 0 radical (unpaired) electrons. The quantitative estimate of drug-likeness (QED) is 0.610. The van der Waals surface area contributed by atoms with Gasteiger partial charge in [0.25, 0.3) is 0 Å². The fourth-order valence-corrected chi connectivity index (χ4v) is 2.91. The van der Waals surface area contributed by atoms with E-state index in [9.17, 15) is 9.90 Å². The molecule has 2 heterocycles. The van der Waals surface area contributed by atoms with Gasteiger partial charge in [-0.3, -0.25) is 4.98 Å². The highest BCUT2D eigenvalue weighted by molar-refractivity contribution is 5.91. The normalized spacial score (nSPS) is 10.8. The second kappa shape index (κ2) is 5.66. The van der Waals surface area contributed by atoms with Crippen LogP contribution in [-0.2, 0) is 0 Å². The smallest absolute Gasteiger partial charge is 0.335 e. The van der Waals surface area contributed by atoms with Crippen molar-refractivity contribution in [3.63, 3.8) is 0 Å². The van der Waals surface area contributed by atoms with Crippen LogP contribution in [0, 0.1) is 0 Å². The molecule has 0 atom stereocenters. The van der Waals surface area contributed by atoms with E-state index < -0.39 is 5.97 Å². The molecule has 0 aliphatic rings. The summed E-state index contributed by atoms with van der Waals surface area (Å²) in [5.74, 6) is -0.937. The Morgan fingerprint density at radius 2 is 1.75 bits per heavy atom. The Morgan fingerprint density at radius 1 is 0.917 bits per heavy atom. The van der Waals surface area contributed by atoms with Gasteiger partial charge in [0.2, 0.25) is 0 Å². The van der Waals surface area contributed by atoms with Gasteiger partial charge in [0.15, 0.2) is 0 Å². The van der Waals surface area contributed by atoms with Crippen molar-refractivity contribution in [3.05, 3.63) is 84.6 Å². The van der Waals surface area contributed by atoms with Gasteiger partial charge in [0.05, 0.1) is 22.5 Å². The number of aromatic carboxylic acids is 1. The monoisotopic (exact) mass is 314 g/mol. The molecule has 0 saturated carbocycles. The molecule has 24 heavy (non-hydrogen) atoms. The lowest BCUT2D eigenvalue weighted by Gasteiger charge is -2.11. The van der Waals surface area contributed by atoms with E-state index in [0.29, 0.717) is 0 Å². The zero-order valence-electron chi connectivity index (χ0n) is 12.8. The maximum Gasteiger partial charge on any atom is 0.335 e. The summed E-state index contributed by atoms with van der Waals surface area (Å²) in [5.41, 5.74) is 3.85. The van der Waals surface area contributed by atoms with Crippen LogP contribution >= 0.6 is 0 Å². The molecule has 2 aromatic carbocycles. The average molecular weight is 314 g/mol. The SMILES string of the molecule is O=C(O)c1cccc(-n2c(-c3ccccn3)cc3ccccc32)c1. The Morgan fingerprint density at radius 3 is 2.54 bits per heavy atom. The van der Waals surface area contributed by atoms with E-state index >= 15 is 0 Å². The molecule has 2 aromatic heterocycles. The number of carboxylic acids is 1. The first-order valence-electron chi connectivity index (χ1n) is 7.60. The number of nitrogens with zero attached hydrogens (tertiary/aromatic N) is 2. The minimum Gasteiger partial charge on any atom is -0.478 e. The summed E-state index contributed by atoms with van der Waals surface area (Å²) in [6.07, 6.45) is 1.75. The Hall–Kier alpha value is -3.40. The predicted octanol–water partition coefficient (Wildman–Crippen LogP) is 4.39.